The topological polar surface area (TPSA) is 75.3 Å². The molecule has 2 aromatic rings. The van der Waals surface area contributed by atoms with Crippen LogP contribution in [0, 0.1) is 0 Å². The molecule has 0 fully saturated rings. The van der Waals surface area contributed by atoms with E-state index in [1.54, 1.807) is 36.4 Å². The first kappa shape index (κ1) is 17.0. The maximum absolute atomic E-state index is 12.5. The van der Waals surface area contributed by atoms with Crippen LogP contribution < -0.4 is 10.0 Å². The summed E-state index contributed by atoms with van der Waals surface area (Å²) in [7, 11) is -3.75. The molecule has 0 aromatic heterocycles. The Morgan fingerprint density at radius 3 is 2.41 bits per heavy atom. The van der Waals surface area contributed by atoms with Crippen molar-refractivity contribution in [2.24, 2.45) is 0 Å². The van der Waals surface area contributed by atoms with E-state index in [2.05, 4.69) is 41.9 Å². The highest BCUT2D eigenvalue weighted by molar-refractivity contribution is 9.11. The van der Waals surface area contributed by atoms with E-state index in [4.69, 9.17) is 0 Å². The van der Waals surface area contributed by atoms with Gasteiger partial charge in [-0.05, 0) is 52.3 Å². The zero-order valence-electron chi connectivity index (χ0n) is 11.4. The minimum Gasteiger partial charge on any atom is -0.326 e. The summed E-state index contributed by atoms with van der Waals surface area (Å²) in [5.41, 5.74) is 0.874. The Kier molecular flexibility index (Phi) is 5.25. The van der Waals surface area contributed by atoms with E-state index in [0.717, 1.165) is 0 Å². The third-order valence-electron chi connectivity index (χ3n) is 2.62. The summed E-state index contributed by atoms with van der Waals surface area (Å²) >= 11 is 6.48. The molecule has 2 N–H and O–H groups in total. The van der Waals surface area contributed by atoms with E-state index in [1.165, 1.54) is 13.0 Å². The van der Waals surface area contributed by atoms with Gasteiger partial charge < -0.3 is 5.32 Å². The first-order valence-corrected chi connectivity index (χ1v) is 9.20. The minimum atomic E-state index is -3.75. The molecule has 0 aliphatic carbocycles. The average molecular weight is 448 g/mol. The van der Waals surface area contributed by atoms with Crippen molar-refractivity contribution in [2.45, 2.75) is 11.8 Å². The van der Waals surface area contributed by atoms with Gasteiger partial charge in [0.2, 0.25) is 5.91 Å². The van der Waals surface area contributed by atoms with Gasteiger partial charge in [-0.2, -0.15) is 0 Å². The normalized spacial score (nSPS) is 11.0. The molecule has 0 saturated heterocycles. The Balaban J connectivity index is 2.33. The highest BCUT2D eigenvalue weighted by Crippen LogP contribution is 2.28. The lowest BCUT2D eigenvalue weighted by atomic mass is 10.3. The SMILES string of the molecule is CC(=O)Nc1cccc(NS(=O)(=O)c2cc(Br)ccc2Br)c1. The first-order valence-electron chi connectivity index (χ1n) is 6.13. The zero-order valence-corrected chi connectivity index (χ0v) is 15.4. The number of nitrogens with one attached hydrogen (secondary N) is 2. The number of halogens is 2. The lowest BCUT2D eigenvalue weighted by Gasteiger charge is -2.11. The van der Waals surface area contributed by atoms with E-state index in [9.17, 15) is 13.2 Å². The molecule has 0 unspecified atom stereocenters. The summed E-state index contributed by atoms with van der Waals surface area (Å²) < 4.78 is 28.5. The Labute approximate surface area is 145 Å². The molecule has 116 valence electrons. The van der Waals surface area contributed by atoms with Crippen LogP contribution in [-0.2, 0) is 14.8 Å². The van der Waals surface area contributed by atoms with E-state index in [-0.39, 0.29) is 10.8 Å². The second-order valence-electron chi connectivity index (χ2n) is 4.44. The number of rotatable bonds is 4. The molecule has 0 bridgehead atoms. The van der Waals surface area contributed by atoms with Crippen LogP contribution in [0.25, 0.3) is 0 Å². The van der Waals surface area contributed by atoms with Crippen LogP contribution in [0.1, 0.15) is 6.92 Å². The Hall–Kier alpha value is -1.38. The molecular weight excluding hydrogens is 436 g/mol. The molecule has 1 amide bonds. The average Bonchev–Trinajstić information content (AvgIpc) is 2.40. The summed E-state index contributed by atoms with van der Waals surface area (Å²) in [4.78, 5) is 11.2. The second kappa shape index (κ2) is 6.80. The van der Waals surface area contributed by atoms with Gasteiger partial charge in [0, 0.05) is 21.6 Å². The van der Waals surface area contributed by atoms with E-state index in [1.807, 2.05) is 0 Å². The summed E-state index contributed by atoms with van der Waals surface area (Å²) in [5, 5.41) is 2.60. The molecule has 0 spiro atoms. The quantitative estimate of drug-likeness (QED) is 0.744. The number of benzene rings is 2. The summed E-state index contributed by atoms with van der Waals surface area (Å²) in [6.07, 6.45) is 0. The van der Waals surface area contributed by atoms with Gasteiger partial charge in [0.25, 0.3) is 10.0 Å². The van der Waals surface area contributed by atoms with Crippen molar-refractivity contribution in [1.29, 1.82) is 0 Å². The number of anilines is 2. The minimum absolute atomic E-state index is 0.117. The Morgan fingerprint density at radius 2 is 1.73 bits per heavy atom. The number of hydrogen-bond donors (Lipinski definition) is 2. The van der Waals surface area contributed by atoms with Crippen molar-refractivity contribution in [2.75, 3.05) is 10.0 Å². The summed E-state index contributed by atoms with van der Waals surface area (Å²) in [6, 6.07) is 11.4. The van der Waals surface area contributed by atoms with Crippen molar-refractivity contribution in [1.82, 2.24) is 0 Å². The highest BCUT2D eigenvalue weighted by Gasteiger charge is 2.18. The summed E-state index contributed by atoms with van der Waals surface area (Å²) in [5.74, 6) is -0.227. The van der Waals surface area contributed by atoms with Crippen LogP contribution in [0.3, 0.4) is 0 Å². The molecule has 2 rings (SSSR count). The zero-order chi connectivity index (χ0) is 16.3. The lowest BCUT2D eigenvalue weighted by Crippen LogP contribution is -2.14. The monoisotopic (exact) mass is 446 g/mol. The van der Waals surface area contributed by atoms with E-state index >= 15 is 0 Å². The fourth-order valence-electron chi connectivity index (χ4n) is 1.76. The number of carbonyl (C=O) groups excluding carboxylic acids is 1. The van der Waals surface area contributed by atoms with Crippen molar-refractivity contribution in [3.63, 3.8) is 0 Å². The van der Waals surface area contributed by atoms with Gasteiger partial charge in [-0.15, -0.1) is 0 Å². The molecule has 0 aliphatic rings. The molecule has 22 heavy (non-hydrogen) atoms. The van der Waals surface area contributed by atoms with Gasteiger partial charge in [-0.3, -0.25) is 9.52 Å². The molecule has 5 nitrogen and oxygen atoms in total. The molecule has 8 heteroatoms. The largest absolute Gasteiger partial charge is 0.326 e. The van der Waals surface area contributed by atoms with Crippen LogP contribution >= 0.6 is 31.9 Å². The third-order valence-corrected chi connectivity index (χ3v) is 5.49. The van der Waals surface area contributed by atoms with E-state index < -0.39 is 10.0 Å². The van der Waals surface area contributed by atoms with Crippen molar-refractivity contribution < 1.29 is 13.2 Å². The van der Waals surface area contributed by atoms with E-state index in [0.29, 0.717) is 20.3 Å². The molecule has 0 heterocycles. The fourth-order valence-corrected chi connectivity index (χ4v) is 4.31. The van der Waals surface area contributed by atoms with Gasteiger partial charge in [0.1, 0.15) is 4.90 Å². The fraction of sp³-hybridized carbons (Fsp3) is 0.0714. The standard InChI is InChI=1S/C14H12Br2N2O3S/c1-9(19)17-11-3-2-4-12(8-11)18-22(20,21)14-7-10(15)5-6-13(14)16/h2-8,18H,1H3,(H,17,19). The number of hydrogen-bond acceptors (Lipinski definition) is 3. The predicted molar refractivity (Wildman–Crippen MR) is 93.4 cm³/mol. The Bertz CT molecular complexity index is 823. The molecular formula is C14H12Br2N2O3S. The van der Waals surface area contributed by atoms with Crippen LogP contribution in [-0.4, -0.2) is 14.3 Å². The second-order valence-corrected chi connectivity index (χ2v) is 7.86. The molecule has 0 aliphatic heterocycles. The third kappa shape index (κ3) is 4.31. The summed E-state index contributed by atoms with van der Waals surface area (Å²) in [6.45, 7) is 1.38. The predicted octanol–water partition coefficient (Wildman–Crippen LogP) is 3.97. The maximum Gasteiger partial charge on any atom is 0.263 e. The van der Waals surface area contributed by atoms with Gasteiger partial charge in [-0.25, -0.2) is 8.42 Å². The van der Waals surface area contributed by atoms with Crippen LogP contribution in [0.5, 0.6) is 0 Å². The number of amides is 1. The van der Waals surface area contributed by atoms with Gasteiger partial charge in [0.05, 0.1) is 5.69 Å². The van der Waals surface area contributed by atoms with Crippen molar-refractivity contribution >= 4 is 59.2 Å². The van der Waals surface area contributed by atoms with Gasteiger partial charge in [0.15, 0.2) is 0 Å². The number of sulfonamides is 1. The smallest absolute Gasteiger partial charge is 0.263 e. The van der Waals surface area contributed by atoms with Gasteiger partial charge >= 0.3 is 0 Å². The molecule has 0 atom stereocenters. The van der Waals surface area contributed by atoms with Crippen LogP contribution in [0.15, 0.2) is 56.3 Å². The first-order chi connectivity index (χ1) is 10.3. The Morgan fingerprint density at radius 1 is 1.05 bits per heavy atom. The number of carbonyl (C=O) groups is 1. The lowest BCUT2D eigenvalue weighted by molar-refractivity contribution is -0.114. The highest BCUT2D eigenvalue weighted by atomic mass is 79.9. The van der Waals surface area contributed by atoms with Crippen LogP contribution in [0.4, 0.5) is 11.4 Å². The molecule has 0 saturated carbocycles. The van der Waals surface area contributed by atoms with Crippen molar-refractivity contribution in [3.8, 4) is 0 Å². The maximum atomic E-state index is 12.5. The van der Waals surface area contributed by atoms with Crippen molar-refractivity contribution in [3.05, 3.63) is 51.4 Å². The van der Waals surface area contributed by atoms with Gasteiger partial charge in [-0.1, -0.05) is 22.0 Å². The molecule has 2 aromatic carbocycles. The molecule has 0 radical (unpaired) electrons. The van der Waals surface area contributed by atoms with Crippen LogP contribution in [0.2, 0.25) is 0 Å².